The number of thioether (sulfide) groups is 1. The summed E-state index contributed by atoms with van der Waals surface area (Å²) in [5.41, 5.74) is 5.76. The van der Waals surface area contributed by atoms with Gasteiger partial charge in [-0.05, 0) is 0 Å². The van der Waals surface area contributed by atoms with Gasteiger partial charge in [0.15, 0.2) is 5.96 Å². The average molecular weight is 387 g/mol. The van der Waals surface area contributed by atoms with Crippen molar-refractivity contribution < 1.29 is 9.47 Å². The topological polar surface area (TPSA) is 60.1 Å². The second-order valence-corrected chi connectivity index (χ2v) is 5.69. The Balaban J connectivity index is 0.00000162. The monoisotopic (exact) mass is 387 g/mol. The molecule has 5 nitrogen and oxygen atoms in total. The van der Waals surface area contributed by atoms with E-state index in [1.54, 1.807) is 7.11 Å². The normalized spacial score (nSPS) is 29.2. The van der Waals surface area contributed by atoms with Gasteiger partial charge in [0.2, 0.25) is 0 Å². The summed E-state index contributed by atoms with van der Waals surface area (Å²) in [6, 6.07) is 0. The van der Waals surface area contributed by atoms with Crippen LogP contribution in [-0.2, 0) is 9.47 Å². The van der Waals surface area contributed by atoms with Crippen LogP contribution in [0.15, 0.2) is 4.99 Å². The highest BCUT2D eigenvalue weighted by atomic mass is 127. The number of hydrogen-bond acceptors (Lipinski definition) is 4. The predicted molar refractivity (Wildman–Crippen MR) is 86.0 cm³/mol. The molecule has 2 heterocycles. The standard InChI is InChI=1S/C11H21N3O2S.HI/c1-15-11(2-5-16-9-11)8-13-10(12)14-3-6-17-7-4-14;/h2-9H2,1H3,(H2,12,13);1H. The maximum atomic E-state index is 6.01. The van der Waals surface area contributed by atoms with Crippen LogP contribution in [0.1, 0.15) is 6.42 Å². The Bertz CT molecular complexity index is 279. The average Bonchev–Trinajstić information content (AvgIpc) is 2.86. The fraction of sp³-hybridized carbons (Fsp3) is 0.909. The summed E-state index contributed by atoms with van der Waals surface area (Å²) in [4.78, 5) is 6.63. The molecule has 0 saturated carbocycles. The van der Waals surface area contributed by atoms with E-state index in [1.165, 1.54) is 0 Å². The van der Waals surface area contributed by atoms with Gasteiger partial charge in [0.25, 0.3) is 0 Å². The highest BCUT2D eigenvalue weighted by molar-refractivity contribution is 14.0. The van der Waals surface area contributed by atoms with Gasteiger partial charge in [-0.25, -0.2) is 0 Å². The molecule has 0 aromatic carbocycles. The molecular weight excluding hydrogens is 365 g/mol. The molecule has 2 rings (SSSR count). The van der Waals surface area contributed by atoms with Gasteiger partial charge in [-0.15, -0.1) is 24.0 Å². The molecule has 1 atom stereocenters. The minimum atomic E-state index is -0.255. The quantitative estimate of drug-likeness (QED) is 0.441. The van der Waals surface area contributed by atoms with Gasteiger partial charge in [-0.1, -0.05) is 0 Å². The molecule has 2 fully saturated rings. The van der Waals surface area contributed by atoms with Gasteiger partial charge in [-0.3, -0.25) is 4.99 Å². The molecule has 18 heavy (non-hydrogen) atoms. The molecule has 0 aromatic heterocycles. The van der Waals surface area contributed by atoms with E-state index in [0.29, 0.717) is 19.1 Å². The van der Waals surface area contributed by atoms with Crippen molar-refractivity contribution in [3.63, 3.8) is 0 Å². The first-order valence-corrected chi connectivity index (χ1v) is 7.17. The van der Waals surface area contributed by atoms with Gasteiger partial charge in [0.05, 0.1) is 13.2 Å². The number of ether oxygens (including phenoxy) is 2. The first-order valence-electron chi connectivity index (χ1n) is 6.01. The summed E-state index contributed by atoms with van der Waals surface area (Å²) in [6.07, 6.45) is 0.899. The summed E-state index contributed by atoms with van der Waals surface area (Å²) in [7, 11) is 1.72. The lowest BCUT2D eigenvalue weighted by atomic mass is 10.0. The van der Waals surface area contributed by atoms with Crippen LogP contribution in [0.2, 0.25) is 0 Å². The van der Waals surface area contributed by atoms with Gasteiger partial charge < -0.3 is 20.1 Å². The Kier molecular flexibility index (Phi) is 7.04. The molecule has 0 amide bonds. The van der Waals surface area contributed by atoms with Crippen molar-refractivity contribution in [3.05, 3.63) is 0 Å². The van der Waals surface area contributed by atoms with E-state index in [-0.39, 0.29) is 29.6 Å². The lowest BCUT2D eigenvalue weighted by Crippen LogP contribution is -2.44. The minimum absolute atomic E-state index is 0. The second-order valence-electron chi connectivity index (χ2n) is 4.46. The van der Waals surface area contributed by atoms with Crippen LogP contribution in [0.5, 0.6) is 0 Å². The van der Waals surface area contributed by atoms with E-state index in [4.69, 9.17) is 15.2 Å². The van der Waals surface area contributed by atoms with Crippen molar-refractivity contribution in [3.8, 4) is 0 Å². The lowest BCUT2D eigenvalue weighted by molar-refractivity contribution is -0.00917. The van der Waals surface area contributed by atoms with E-state index in [0.717, 1.165) is 37.6 Å². The summed E-state index contributed by atoms with van der Waals surface area (Å²) < 4.78 is 10.9. The van der Waals surface area contributed by atoms with E-state index < -0.39 is 0 Å². The Labute approximate surface area is 130 Å². The Morgan fingerprint density at radius 1 is 1.50 bits per heavy atom. The number of aliphatic imine (C=N–C) groups is 1. The van der Waals surface area contributed by atoms with E-state index in [2.05, 4.69) is 9.89 Å². The van der Waals surface area contributed by atoms with E-state index >= 15 is 0 Å². The maximum Gasteiger partial charge on any atom is 0.191 e. The first kappa shape index (κ1) is 16.3. The summed E-state index contributed by atoms with van der Waals surface area (Å²) in [5, 5.41) is 0. The predicted octanol–water partition coefficient (Wildman–Crippen LogP) is 0.773. The smallest absolute Gasteiger partial charge is 0.191 e. The molecule has 0 aromatic rings. The Morgan fingerprint density at radius 2 is 2.22 bits per heavy atom. The molecule has 1 unspecified atom stereocenters. The minimum Gasteiger partial charge on any atom is -0.378 e. The van der Waals surface area contributed by atoms with Crippen molar-refractivity contribution in [2.45, 2.75) is 12.0 Å². The molecule has 2 aliphatic rings. The zero-order chi connectivity index (χ0) is 12.1. The van der Waals surface area contributed by atoms with Crippen LogP contribution in [0.4, 0.5) is 0 Å². The molecule has 0 aliphatic carbocycles. The molecule has 0 bridgehead atoms. The summed E-state index contributed by atoms with van der Waals surface area (Å²) >= 11 is 1.97. The van der Waals surface area contributed by atoms with E-state index in [1.807, 2.05) is 11.8 Å². The zero-order valence-corrected chi connectivity index (χ0v) is 13.9. The van der Waals surface area contributed by atoms with Crippen LogP contribution < -0.4 is 5.73 Å². The second kappa shape index (κ2) is 7.76. The van der Waals surface area contributed by atoms with Gasteiger partial charge >= 0.3 is 0 Å². The van der Waals surface area contributed by atoms with Crippen molar-refractivity contribution in [2.75, 3.05) is 51.5 Å². The molecule has 0 radical (unpaired) electrons. The molecule has 2 N–H and O–H groups in total. The highest BCUT2D eigenvalue weighted by Gasteiger charge is 2.34. The van der Waals surface area contributed by atoms with Crippen LogP contribution in [0.25, 0.3) is 0 Å². The number of guanidine groups is 1. The van der Waals surface area contributed by atoms with Crippen molar-refractivity contribution >= 4 is 41.7 Å². The fourth-order valence-corrected chi connectivity index (χ4v) is 2.96. The molecule has 7 heteroatoms. The highest BCUT2D eigenvalue weighted by Crippen LogP contribution is 2.22. The van der Waals surface area contributed by atoms with Crippen molar-refractivity contribution in [1.29, 1.82) is 0 Å². The summed E-state index contributed by atoms with van der Waals surface area (Å²) in [6.45, 7) is 3.96. The van der Waals surface area contributed by atoms with Crippen molar-refractivity contribution in [1.82, 2.24) is 4.90 Å². The van der Waals surface area contributed by atoms with Crippen LogP contribution >= 0.6 is 35.7 Å². The van der Waals surface area contributed by atoms with Gasteiger partial charge in [0.1, 0.15) is 5.60 Å². The molecule has 106 valence electrons. The van der Waals surface area contributed by atoms with Gasteiger partial charge in [0, 0.05) is 44.7 Å². The third kappa shape index (κ3) is 4.14. The Hall–Kier alpha value is 0.270. The van der Waals surface area contributed by atoms with Crippen LogP contribution in [-0.4, -0.2) is 67.9 Å². The number of hydrogen-bond donors (Lipinski definition) is 1. The third-order valence-electron chi connectivity index (χ3n) is 3.36. The third-order valence-corrected chi connectivity index (χ3v) is 4.31. The maximum absolute atomic E-state index is 6.01. The van der Waals surface area contributed by atoms with Gasteiger partial charge in [-0.2, -0.15) is 11.8 Å². The van der Waals surface area contributed by atoms with Crippen LogP contribution in [0.3, 0.4) is 0 Å². The molecule has 2 aliphatic heterocycles. The Morgan fingerprint density at radius 3 is 2.78 bits per heavy atom. The fourth-order valence-electron chi connectivity index (χ4n) is 2.06. The molecule has 0 spiro atoms. The lowest BCUT2D eigenvalue weighted by Gasteiger charge is -2.29. The number of halogens is 1. The largest absolute Gasteiger partial charge is 0.378 e. The van der Waals surface area contributed by atoms with Crippen LogP contribution in [0, 0.1) is 0 Å². The van der Waals surface area contributed by atoms with Crippen molar-refractivity contribution in [2.24, 2.45) is 10.7 Å². The van der Waals surface area contributed by atoms with E-state index in [9.17, 15) is 0 Å². The molecule has 2 saturated heterocycles. The molecular formula is C11H22IN3O2S. The number of methoxy groups -OCH3 is 1. The first-order chi connectivity index (χ1) is 8.26. The summed E-state index contributed by atoms with van der Waals surface area (Å²) in [5.74, 6) is 2.91. The zero-order valence-electron chi connectivity index (χ0n) is 10.8. The SMILES string of the molecule is COC1(CN=C(N)N2CCSCC2)CCOC1.I. The number of rotatable bonds is 3. The number of nitrogens with zero attached hydrogens (tertiary/aromatic N) is 2. The number of nitrogens with two attached hydrogens (primary N) is 1.